The van der Waals surface area contributed by atoms with E-state index in [-0.39, 0.29) is 17.6 Å². The summed E-state index contributed by atoms with van der Waals surface area (Å²) in [7, 11) is 0. The predicted molar refractivity (Wildman–Crippen MR) is 90.8 cm³/mol. The Morgan fingerprint density at radius 2 is 2.30 bits per heavy atom. The van der Waals surface area contributed by atoms with Gasteiger partial charge in [0.2, 0.25) is 5.91 Å². The van der Waals surface area contributed by atoms with E-state index in [1.54, 1.807) is 19.1 Å². The van der Waals surface area contributed by atoms with Gasteiger partial charge in [0.1, 0.15) is 5.82 Å². The highest BCUT2D eigenvalue weighted by atomic mass is 19.1. The summed E-state index contributed by atoms with van der Waals surface area (Å²) >= 11 is 0. The minimum atomic E-state index is -0.316. The van der Waals surface area contributed by atoms with Crippen molar-refractivity contribution in [3.8, 4) is 0 Å². The number of rotatable bonds is 4. The number of benzene rings is 1. The van der Waals surface area contributed by atoms with E-state index >= 15 is 0 Å². The number of guanidine groups is 1. The summed E-state index contributed by atoms with van der Waals surface area (Å²) in [6.07, 6.45) is 2.64. The van der Waals surface area contributed by atoms with Gasteiger partial charge in [0.05, 0.1) is 5.92 Å². The van der Waals surface area contributed by atoms with Crippen molar-refractivity contribution >= 4 is 17.6 Å². The number of likely N-dealkylation sites (tertiary alicyclic amines) is 1. The second-order valence-corrected chi connectivity index (χ2v) is 5.98. The molecule has 1 aliphatic rings. The Balaban J connectivity index is 1.97. The largest absolute Gasteiger partial charge is 0.370 e. The zero-order chi connectivity index (χ0) is 16.8. The van der Waals surface area contributed by atoms with Crippen molar-refractivity contribution in [1.29, 1.82) is 0 Å². The Morgan fingerprint density at radius 3 is 3.00 bits per heavy atom. The molecular weight excluding hydrogens is 295 g/mol. The number of hydrogen-bond acceptors (Lipinski definition) is 2. The minimum absolute atomic E-state index is 0.0961. The molecule has 2 rings (SSSR count). The maximum atomic E-state index is 13.6. The number of carbonyl (C=O) groups is 1. The van der Waals surface area contributed by atoms with E-state index in [4.69, 9.17) is 5.73 Å². The third kappa shape index (κ3) is 4.68. The van der Waals surface area contributed by atoms with E-state index in [0.717, 1.165) is 25.8 Å². The third-order valence-electron chi connectivity index (χ3n) is 4.05. The van der Waals surface area contributed by atoms with Crippen molar-refractivity contribution in [1.82, 2.24) is 4.90 Å². The maximum absolute atomic E-state index is 13.6. The van der Waals surface area contributed by atoms with E-state index in [9.17, 15) is 9.18 Å². The number of aryl methyl sites for hydroxylation is 1. The predicted octanol–water partition coefficient (Wildman–Crippen LogP) is 2.51. The van der Waals surface area contributed by atoms with Crippen LogP contribution in [-0.2, 0) is 4.79 Å². The van der Waals surface area contributed by atoms with E-state index in [2.05, 4.69) is 10.3 Å². The molecule has 126 valence electrons. The summed E-state index contributed by atoms with van der Waals surface area (Å²) in [6, 6.07) is 4.73. The highest BCUT2D eigenvalue weighted by Crippen LogP contribution is 2.20. The fourth-order valence-corrected chi connectivity index (χ4v) is 2.64. The van der Waals surface area contributed by atoms with Crippen molar-refractivity contribution < 1.29 is 9.18 Å². The SMILES string of the molecule is CCCN=C(N)N1CCC[C@H](C(=O)Nc2ccc(C)c(F)c2)C1. The number of halogens is 1. The molecule has 1 aromatic carbocycles. The molecule has 1 atom stereocenters. The van der Waals surface area contributed by atoms with Crippen LogP contribution in [-0.4, -0.2) is 36.4 Å². The maximum Gasteiger partial charge on any atom is 0.229 e. The van der Waals surface area contributed by atoms with Gasteiger partial charge in [0.15, 0.2) is 5.96 Å². The number of nitrogens with two attached hydrogens (primary N) is 1. The lowest BCUT2D eigenvalue weighted by Gasteiger charge is -2.32. The highest BCUT2D eigenvalue weighted by Gasteiger charge is 2.26. The van der Waals surface area contributed by atoms with Gasteiger partial charge in [0, 0.05) is 25.3 Å². The van der Waals surface area contributed by atoms with E-state index < -0.39 is 0 Å². The molecule has 1 saturated heterocycles. The van der Waals surface area contributed by atoms with Crippen LogP contribution in [0.3, 0.4) is 0 Å². The van der Waals surface area contributed by atoms with Crippen molar-refractivity contribution in [2.75, 3.05) is 25.0 Å². The second-order valence-electron chi connectivity index (χ2n) is 5.98. The van der Waals surface area contributed by atoms with Crippen molar-refractivity contribution in [2.24, 2.45) is 16.6 Å². The van der Waals surface area contributed by atoms with Crippen LogP contribution in [0.15, 0.2) is 23.2 Å². The molecule has 23 heavy (non-hydrogen) atoms. The summed E-state index contributed by atoms with van der Waals surface area (Å²) in [6.45, 7) is 5.81. The molecule has 0 bridgehead atoms. The molecular formula is C17H25FN4O. The molecule has 1 fully saturated rings. The standard InChI is InChI=1S/C17H25FN4O/c1-3-8-20-17(19)22-9-4-5-13(11-22)16(23)21-14-7-6-12(2)15(18)10-14/h6-7,10,13H,3-5,8-9,11H2,1-2H3,(H2,19,20)(H,21,23)/t13-/m0/s1. The van der Waals surface area contributed by atoms with Crippen LogP contribution in [0, 0.1) is 18.7 Å². The van der Waals surface area contributed by atoms with Gasteiger partial charge >= 0.3 is 0 Å². The number of carbonyl (C=O) groups excluding carboxylic acids is 1. The van der Waals surface area contributed by atoms with Crippen LogP contribution < -0.4 is 11.1 Å². The molecule has 0 aromatic heterocycles. The molecule has 0 unspecified atom stereocenters. The summed E-state index contributed by atoms with van der Waals surface area (Å²) in [5, 5.41) is 2.80. The first-order chi connectivity index (χ1) is 11.0. The number of amides is 1. The Hall–Kier alpha value is -2.11. The van der Waals surface area contributed by atoms with E-state index in [1.807, 2.05) is 11.8 Å². The molecule has 1 aromatic rings. The van der Waals surface area contributed by atoms with Crippen LogP contribution in [0.1, 0.15) is 31.7 Å². The number of aliphatic imine (C=N–C) groups is 1. The minimum Gasteiger partial charge on any atom is -0.370 e. The molecule has 0 spiro atoms. The number of nitrogens with one attached hydrogen (secondary N) is 1. The average Bonchev–Trinajstić information content (AvgIpc) is 2.56. The molecule has 6 heteroatoms. The monoisotopic (exact) mass is 320 g/mol. The fraction of sp³-hybridized carbons (Fsp3) is 0.529. The van der Waals surface area contributed by atoms with Crippen molar-refractivity contribution in [3.63, 3.8) is 0 Å². The van der Waals surface area contributed by atoms with Crippen molar-refractivity contribution in [2.45, 2.75) is 33.1 Å². The van der Waals surface area contributed by atoms with Gasteiger partial charge in [-0.15, -0.1) is 0 Å². The Kier molecular flexibility index (Phi) is 5.96. The van der Waals surface area contributed by atoms with Crippen LogP contribution >= 0.6 is 0 Å². The highest BCUT2D eigenvalue weighted by molar-refractivity contribution is 5.93. The molecule has 5 nitrogen and oxygen atoms in total. The molecule has 0 aliphatic carbocycles. The number of hydrogen-bond donors (Lipinski definition) is 2. The van der Waals surface area contributed by atoms with Crippen LogP contribution in [0.25, 0.3) is 0 Å². The topological polar surface area (TPSA) is 70.7 Å². The number of piperidine rings is 1. The van der Waals surface area contributed by atoms with Crippen LogP contribution in [0.2, 0.25) is 0 Å². The molecule has 1 aliphatic heterocycles. The molecule has 3 N–H and O–H groups in total. The van der Waals surface area contributed by atoms with Gasteiger partial charge in [-0.25, -0.2) is 4.39 Å². The first-order valence-electron chi connectivity index (χ1n) is 8.13. The zero-order valence-electron chi connectivity index (χ0n) is 13.8. The lowest BCUT2D eigenvalue weighted by Crippen LogP contribution is -2.47. The fourth-order valence-electron chi connectivity index (χ4n) is 2.64. The number of nitrogens with zero attached hydrogens (tertiary/aromatic N) is 2. The van der Waals surface area contributed by atoms with Gasteiger partial charge in [-0.1, -0.05) is 13.0 Å². The third-order valence-corrected chi connectivity index (χ3v) is 4.05. The summed E-state index contributed by atoms with van der Waals surface area (Å²) in [4.78, 5) is 18.7. The Labute approximate surface area is 136 Å². The van der Waals surface area contributed by atoms with Gasteiger partial charge < -0.3 is 16.0 Å². The van der Waals surface area contributed by atoms with Crippen LogP contribution in [0.4, 0.5) is 10.1 Å². The Bertz CT molecular complexity index is 588. The van der Waals surface area contributed by atoms with Gasteiger partial charge in [-0.3, -0.25) is 9.79 Å². The van der Waals surface area contributed by atoms with Gasteiger partial charge in [-0.2, -0.15) is 0 Å². The number of anilines is 1. The molecule has 0 saturated carbocycles. The summed E-state index contributed by atoms with van der Waals surface area (Å²) in [5.74, 6) is -0.0699. The van der Waals surface area contributed by atoms with Crippen molar-refractivity contribution in [3.05, 3.63) is 29.6 Å². The first kappa shape index (κ1) is 17.2. The van der Waals surface area contributed by atoms with E-state index in [1.165, 1.54) is 6.07 Å². The summed E-state index contributed by atoms with van der Waals surface area (Å²) in [5.41, 5.74) is 7.03. The smallest absolute Gasteiger partial charge is 0.229 e. The lowest BCUT2D eigenvalue weighted by molar-refractivity contribution is -0.121. The van der Waals surface area contributed by atoms with Gasteiger partial charge in [0.25, 0.3) is 0 Å². The normalized spacial score (nSPS) is 18.8. The molecule has 1 heterocycles. The average molecular weight is 320 g/mol. The van der Waals surface area contributed by atoms with Crippen LogP contribution in [0.5, 0.6) is 0 Å². The molecule has 1 amide bonds. The second kappa shape index (κ2) is 7.94. The first-order valence-corrected chi connectivity index (χ1v) is 8.13. The van der Waals surface area contributed by atoms with E-state index in [0.29, 0.717) is 30.3 Å². The quantitative estimate of drug-likeness (QED) is 0.661. The Morgan fingerprint density at radius 1 is 1.52 bits per heavy atom. The lowest BCUT2D eigenvalue weighted by atomic mass is 9.97. The molecule has 0 radical (unpaired) electrons. The summed E-state index contributed by atoms with van der Waals surface area (Å²) < 4.78 is 13.6. The van der Waals surface area contributed by atoms with Gasteiger partial charge in [-0.05, 0) is 43.9 Å². The zero-order valence-corrected chi connectivity index (χ0v) is 13.8.